The molecule has 0 bridgehead atoms. The van der Waals surface area contributed by atoms with Gasteiger partial charge in [0.2, 0.25) is 0 Å². The smallest absolute Gasteiger partial charge is 0.139 e. The molecule has 88 valence electrons. The first-order valence-corrected chi connectivity index (χ1v) is 5.53. The maximum absolute atomic E-state index is 13.1. The van der Waals surface area contributed by atoms with E-state index in [0.717, 1.165) is 23.4 Å². The highest BCUT2D eigenvalue weighted by atomic mass is 19.1. The van der Waals surface area contributed by atoms with E-state index < -0.39 is 6.17 Å². The van der Waals surface area contributed by atoms with Crippen LogP contribution in [0, 0.1) is 5.92 Å². The maximum Gasteiger partial charge on any atom is 0.139 e. The van der Waals surface area contributed by atoms with E-state index >= 15 is 0 Å². The van der Waals surface area contributed by atoms with E-state index in [2.05, 4.69) is 24.1 Å². The number of aromatic nitrogens is 1. The minimum absolute atomic E-state index is 0. The molecule has 1 aromatic rings. The van der Waals surface area contributed by atoms with Crippen molar-refractivity contribution in [2.45, 2.75) is 32.9 Å². The third-order valence-electron chi connectivity index (χ3n) is 2.94. The Balaban J connectivity index is 0.00000128. The summed E-state index contributed by atoms with van der Waals surface area (Å²) in [4.78, 5) is 4.32. The van der Waals surface area contributed by atoms with Gasteiger partial charge in [-0.1, -0.05) is 25.1 Å². The minimum Gasteiger partial charge on any atom is -0.269 e. The second-order valence-corrected chi connectivity index (χ2v) is 4.10. The first-order valence-electron chi connectivity index (χ1n) is 5.53. The van der Waals surface area contributed by atoms with Crippen LogP contribution in [0.15, 0.2) is 12.1 Å². The molecule has 1 nitrogen and oxygen atoms in total. The molecule has 0 fully saturated rings. The number of rotatable bonds is 2. The van der Waals surface area contributed by atoms with Gasteiger partial charge in [-0.3, -0.25) is 9.69 Å². The number of alkyl halides is 1. The van der Waals surface area contributed by atoms with Crippen LogP contribution in [0.4, 0.5) is 9.09 Å². The number of pyridine rings is 1. The fourth-order valence-corrected chi connectivity index (χ4v) is 1.90. The van der Waals surface area contributed by atoms with Gasteiger partial charge in [0.25, 0.3) is 0 Å². The van der Waals surface area contributed by atoms with Crippen molar-refractivity contribution >= 4 is 12.2 Å². The van der Waals surface area contributed by atoms with Crippen LogP contribution in [0.3, 0.4) is 0 Å². The van der Waals surface area contributed by atoms with Crippen molar-refractivity contribution in [3.8, 4) is 0 Å². The molecule has 0 amide bonds. The Morgan fingerprint density at radius 1 is 1.50 bits per heavy atom. The van der Waals surface area contributed by atoms with Crippen LogP contribution in [-0.2, 0) is 0 Å². The lowest BCUT2D eigenvalue weighted by atomic mass is 9.97. The molecule has 2 rings (SSSR count). The van der Waals surface area contributed by atoms with Crippen LogP contribution in [0.5, 0.6) is 0 Å². The molecule has 1 aromatic heterocycles. The van der Waals surface area contributed by atoms with Gasteiger partial charge in [0.15, 0.2) is 0 Å². The average molecular weight is 225 g/mol. The fourth-order valence-electron chi connectivity index (χ4n) is 1.90. The molecule has 0 radical (unpaired) electrons. The first kappa shape index (κ1) is 12.8. The van der Waals surface area contributed by atoms with E-state index in [4.69, 9.17) is 0 Å². The Morgan fingerprint density at radius 3 is 2.88 bits per heavy atom. The van der Waals surface area contributed by atoms with Crippen LogP contribution in [-0.4, -0.2) is 4.98 Å². The molecule has 1 aliphatic carbocycles. The maximum atomic E-state index is 13.1. The van der Waals surface area contributed by atoms with E-state index in [1.54, 1.807) is 6.07 Å². The highest BCUT2D eigenvalue weighted by Gasteiger charge is 2.08. The van der Waals surface area contributed by atoms with E-state index in [1.165, 1.54) is 6.92 Å². The molecule has 0 saturated heterocycles. The van der Waals surface area contributed by atoms with Crippen LogP contribution in [0.25, 0.3) is 12.2 Å². The van der Waals surface area contributed by atoms with Crippen molar-refractivity contribution in [1.29, 1.82) is 0 Å². The second-order valence-electron chi connectivity index (χ2n) is 4.10. The van der Waals surface area contributed by atoms with E-state index in [9.17, 15) is 4.39 Å². The topological polar surface area (TPSA) is 12.9 Å². The molecule has 0 aromatic carbocycles. The molecule has 1 heterocycles. The summed E-state index contributed by atoms with van der Waals surface area (Å²) >= 11 is 0. The second kappa shape index (κ2) is 5.19. The summed E-state index contributed by atoms with van der Waals surface area (Å²) < 4.78 is 13.1. The third kappa shape index (κ3) is 2.46. The molecule has 3 heteroatoms. The van der Waals surface area contributed by atoms with Crippen molar-refractivity contribution in [3.63, 3.8) is 0 Å². The zero-order chi connectivity index (χ0) is 10.8. The van der Waals surface area contributed by atoms with Gasteiger partial charge in [-0.2, -0.15) is 0 Å². The Labute approximate surface area is 94.1 Å². The normalized spacial score (nSPS) is 19.8. The molecule has 0 aliphatic heterocycles. The zero-order valence-corrected chi connectivity index (χ0v) is 9.61. The summed E-state index contributed by atoms with van der Waals surface area (Å²) in [6, 6.07) is 3.76. The number of hydrogen-bond acceptors (Lipinski definition) is 1. The molecule has 0 spiro atoms. The summed E-state index contributed by atoms with van der Waals surface area (Å²) in [6.07, 6.45) is 5.56. The number of halogens is 2. The van der Waals surface area contributed by atoms with Gasteiger partial charge in [0.05, 0.1) is 11.0 Å². The lowest BCUT2D eigenvalue weighted by molar-refractivity contribution is 0.365. The molecule has 1 aliphatic rings. The van der Waals surface area contributed by atoms with Crippen molar-refractivity contribution in [2.24, 2.45) is 5.92 Å². The van der Waals surface area contributed by atoms with E-state index in [-0.39, 0.29) is 4.70 Å². The van der Waals surface area contributed by atoms with Crippen LogP contribution >= 0.6 is 0 Å². The molecule has 0 N–H and O–H groups in total. The molecule has 2 unspecified atom stereocenters. The number of nitrogens with zero attached hydrogens (tertiary/aromatic N) is 1. The Hall–Kier alpha value is -1.25. The quantitative estimate of drug-likeness (QED) is 0.752. The summed E-state index contributed by atoms with van der Waals surface area (Å²) in [5.74, 6) is 0.618. The predicted octanol–water partition coefficient (Wildman–Crippen LogP) is 2.26. The van der Waals surface area contributed by atoms with Crippen LogP contribution in [0.1, 0.15) is 38.6 Å². The Bertz CT molecular complexity index is 465. The molecule has 2 atom stereocenters. The van der Waals surface area contributed by atoms with Crippen molar-refractivity contribution in [1.82, 2.24) is 4.98 Å². The predicted molar refractivity (Wildman–Crippen MR) is 62.8 cm³/mol. The summed E-state index contributed by atoms with van der Waals surface area (Å²) in [7, 11) is 0. The van der Waals surface area contributed by atoms with Gasteiger partial charge in [-0.25, -0.2) is 4.39 Å². The van der Waals surface area contributed by atoms with Crippen molar-refractivity contribution in [3.05, 3.63) is 28.4 Å². The van der Waals surface area contributed by atoms with Crippen molar-refractivity contribution in [2.75, 3.05) is 0 Å². The van der Waals surface area contributed by atoms with Gasteiger partial charge in [0, 0.05) is 0 Å². The number of hydrogen-bond donors (Lipinski definition) is 0. The molecular formula is C13H17F2N. The largest absolute Gasteiger partial charge is 0.269 e. The van der Waals surface area contributed by atoms with Gasteiger partial charge >= 0.3 is 0 Å². The lowest BCUT2D eigenvalue weighted by Crippen LogP contribution is -2.32. The molecule has 0 saturated carbocycles. The van der Waals surface area contributed by atoms with Crippen LogP contribution < -0.4 is 10.6 Å². The Kier molecular flexibility index (Phi) is 4.16. The highest BCUT2D eigenvalue weighted by molar-refractivity contribution is 5.38. The summed E-state index contributed by atoms with van der Waals surface area (Å²) in [6.45, 7) is 3.71. The molecule has 16 heavy (non-hydrogen) atoms. The van der Waals surface area contributed by atoms with Gasteiger partial charge in [0.1, 0.15) is 6.17 Å². The van der Waals surface area contributed by atoms with Gasteiger partial charge < -0.3 is 0 Å². The number of fused-ring (bicyclic) bond motifs is 1. The lowest BCUT2D eigenvalue weighted by Gasteiger charge is -2.11. The SMILES string of the molecule is CCC1C=c2ccc(C(C)F)nc2=CC1.F. The summed E-state index contributed by atoms with van der Waals surface area (Å²) in [5.41, 5.74) is 0.536. The van der Waals surface area contributed by atoms with Gasteiger partial charge in [-0.05, 0) is 37.0 Å². The van der Waals surface area contributed by atoms with Gasteiger partial charge in [-0.15, -0.1) is 0 Å². The monoisotopic (exact) mass is 225 g/mol. The first-order chi connectivity index (χ1) is 7.20. The van der Waals surface area contributed by atoms with E-state index in [0.29, 0.717) is 11.6 Å². The van der Waals surface area contributed by atoms with E-state index in [1.807, 2.05) is 6.07 Å². The van der Waals surface area contributed by atoms with Crippen LogP contribution in [0.2, 0.25) is 0 Å². The standard InChI is InChI=1S/C13H16FN.FH/c1-3-10-4-6-13-11(8-10)5-7-12(15-13)9(2)14;/h5-10H,3-4H2,1-2H3;1H. The third-order valence-corrected chi connectivity index (χ3v) is 2.94. The fraction of sp³-hybridized carbons (Fsp3) is 0.462. The molecular weight excluding hydrogens is 208 g/mol. The Morgan fingerprint density at radius 2 is 2.25 bits per heavy atom. The summed E-state index contributed by atoms with van der Waals surface area (Å²) in [5, 5.41) is 2.10. The zero-order valence-electron chi connectivity index (χ0n) is 9.61. The minimum atomic E-state index is -0.979. The van der Waals surface area contributed by atoms with Crippen molar-refractivity contribution < 1.29 is 9.09 Å². The average Bonchev–Trinajstić information content (AvgIpc) is 2.27. The highest BCUT2D eigenvalue weighted by Crippen LogP contribution is 2.13.